The molecule has 0 aliphatic carbocycles. The Labute approximate surface area is 163 Å². The Balaban J connectivity index is 2.00. The predicted molar refractivity (Wildman–Crippen MR) is 106 cm³/mol. The summed E-state index contributed by atoms with van der Waals surface area (Å²) in [7, 11) is 0. The fourth-order valence-corrected chi connectivity index (χ4v) is 3.54. The summed E-state index contributed by atoms with van der Waals surface area (Å²) < 4.78 is 16.2. The summed E-state index contributed by atoms with van der Waals surface area (Å²) in [6.45, 7) is 5.67. The van der Waals surface area contributed by atoms with Gasteiger partial charge in [0.25, 0.3) is 5.91 Å². The van der Waals surface area contributed by atoms with Crippen molar-refractivity contribution in [3.05, 3.63) is 64.7 Å². The third kappa shape index (κ3) is 3.98. The van der Waals surface area contributed by atoms with Crippen LogP contribution in [0.4, 0.5) is 4.39 Å². The zero-order valence-corrected chi connectivity index (χ0v) is 16.3. The molecule has 0 atom stereocenters. The molecule has 4 nitrogen and oxygen atoms in total. The van der Waals surface area contributed by atoms with Gasteiger partial charge in [0.15, 0.2) is 0 Å². The average molecular weight is 388 g/mol. The van der Waals surface area contributed by atoms with Crippen LogP contribution in [0.25, 0.3) is 11.0 Å². The van der Waals surface area contributed by atoms with Crippen molar-refractivity contribution in [3.8, 4) is 0 Å². The van der Waals surface area contributed by atoms with Crippen LogP contribution < -0.4 is 0 Å². The summed E-state index contributed by atoms with van der Waals surface area (Å²) in [5.74, 6) is -0.0667. The standard InChI is InChI=1S/C21H23ClFN3O/c1-3-12-25(21(27)15-8-5-6-10-17(15)23)14-19-24-18-11-7-9-16(22)20(18)26(19)13-4-2/h5-11H,3-4,12-14H2,1-2H3. The predicted octanol–water partition coefficient (Wildman–Crippen LogP) is 5.29. The van der Waals surface area contributed by atoms with Crippen molar-refractivity contribution < 1.29 is 9.18 Å². The summed E-state index contributed by atoms with van der Waals surface area (Å²) in [6.07, 6.45) is 1.69. The number of carbonyl (C=O) groups is 1. The fourth-order valence-electron chi connectivity index (χ4n) is 3.27. The van der Waals surface area contributed by atoms with Crippen molar-refractivity contribution in [2.24, 2.45) is 0 Å². The minimum absolute atomic E-state index is 0.0853. The van der Waals surface area contributed by atoms with Gasteiger partial charge in [0.05, 0.1) is 28.2 Å². The minimum Gasteiger partial charge on any atom is -0.331 e. The number of hydrogen-bond acceptors (Lipinski definition) is 2. The first kappa shape index (κ1) is 19.4. The molecule has 1 amide bonds. The van der Waals surface area contributed by atoms with Gasteiger partial charge < -0.3 is 9.47 Å². The van der Waals surface area contributed by atoms with Gasteiger partial charge in [-0.3, -0.25) is 4.79 Å². The van der Waals surface area contributed by atoms with E-state index >= 15 is 0 Å². The van der Waals surface area contributed by atoms with Gasteiger partial charge in [-0.1, -0.05) is 43.6 Å². The van der Waals surface area contributed by atoms with Gasteiger partial charge in [-0.05, 0) is 37.1 Å². The van der Waals surface area contributed by atoms with Crippen LogP contribution in [-0.2, 0) is 13.1 Å². The Bertz CT molecular complexity index is 954. The first-order valence-electron chi connectivity index (χ1n) is 9.24. The number of amides is 1. The lowest BCUT2D eigenvalue weighted by molar-refractivity contribution is 0.0732. The van der Waals surface area contributed by atoms with Crippen molar-refractivity contribution in [1.29, 1.82) is 0 Å². The Morgan fingerprint density at radius 1 is 1.15 bits per heavy atom. The quantitative estimate of drug-likeness (QED) is 0.552. The molecule has 0 bridgehead atoms. The molecule has 3 rings (SSSR count). The number of imidazole rings is 1. The number of fused-ring (bicyclic) bond motifs is 1. The second-order valence-corrected chi connectivity index (χ2v) is 6.90. The highest BCUT2D eigenvalue weighted by atomic mass is 35.5. The molecule has 1 aromatic heterocycles. The smallest absolute Gasteiger partial charge is 0.257 e. The average Bonchev–Trinajstić information content (AvgIpc) is 3.00. The monoisotopic (exact) mass is 387 g/mol. The zero-order valence-electron chi connectivity index (χ0n) is 15.6. The van der Waals surface area contributed by atoms with Crippen molar-refractivity contribution in [2.75, 3.05) is 6.54 Å². The molecule has 0 radical (unpaired) electrons. The number of para-hydroxylation sites is 1. The molecule has 6 heteroatoms. The Kier molecular flexibility index (Phi) is 6.11. The first-order valence-corrected chi connectivity index (χ1v) is 9.62. The third-order valence-electron chi connectivity index (χ3n) is 4.46. The molecule has 0 N–H and O–H groups in total. The largest absolute Gasteiger partial charge is 0.331 e. The van der Waals surface area contributed by atoms with E-state index in [-0.39, 0.29) is 11.5 Å². The molecular weight excluding hydrogens is 365 g/mol. The van der Waals surface area contributed by atoms with Crippen molar-refractivity contribution in [2.45, 2.75) is 39.8 Å². The van der Waals surface area contributed by atoms with Gasteiger partial charge in [-0.2, -0.15) is 0 Å². The lowest BCUT2D eigenvalue weighted by Gasteiger charge is -2.23. The summed E-state index contributed by atoms with van der Waals surface area (Å²) in [6, 6.07) is 11.7. The van der Waals surface area contributed by atoms with Gasteiger partial charge in [0, 0.05) is 13.1 Å². The van der Waals surface area contributed by atoms with Gasteiger partial charge in [0.1, 0.15) is 11.6 Å². The van der Waals surface area contributed by atoms with Crippen molar-refractivity contribution in [1.82, 2.24) is 14.5 Å². The maximum Gasteiger partial charge on any atom is 0.257 e. The summed E-state index contributed by atoms with van der Waals surface area (Å²) >= 11 is 6.40. The van der Waals surface area contributed by atoms with Crippen LogP contribution in [0.1, 0.15) is 42.9 Å². The number of carbonyl (C=O) groups excluding carboxylic acids is 1. The number of aromatic nitrogens is 2. The highest BCUT2D eigenvalue weighted by Crippen LogP contribution is 2.26. The molecule has 0 fully saturated rings. The van der Waals surface area contributed by atoms with Crippen molar-refractivity contribution in [3.63, 3.8) is 0 Å². The van der Waals surface area contributed by atoms with Gasteiger partial charge in [0.2, 0.25) is 0 Å². The lowest BCUT2D eigenvalue weighted by Crippen LogP contribution is -2.33. The first-order chi connectivity index (χ1) is 13.1. The van der Waals surface area contributed by atoms with Crippen LogP contribution in [0.15, 0.2) is 42.5 Å². The number of hydrogen-bond donors (Lipinski definition) is 0. The zero-order chi connectivity index (χ0) is 19.4. The molecule has 0 aliphatic rings. The van der Waals surface area contributed by atoms with E-state index in [9.17, 15) is 9.18 Å². The topological polar surface area (TPSA) is 38.1 Å². The van der Waals surface area contributed by atoms with E-state index in [1.165, 1.54) is 12.1 Å². The number of aryl methyl sites for hydroxylation is 1. The van der Waals surface area contributed by atoms with E-state index in [1.54, 1.807) is 17.0 Å². The Morgan fingerprint density at radius 2 is 1.93 bits per heavy atom. The third-order valence-corrected chi connectivity index (χ3v) is 4.77. The molecule has 1 heterocycles. The number of halogens is 2. The molecule has 0 saturated carbocycles. The summed E-state index contributed by atoms with van der Waals surface area (Å²) in [4.78, 5) is 19.3. The van der Waals surface area contributed by atoms with Crippen LogP contribution in [0.5, 0.6) is 0 Å². The fraction of sp³-hybridized carbons (Fsp3) is 0.333. The second kappa shape index (κ2) is 8.53. The highest BCUT2D eigenvalue weighted by Gasteiger charge is 2.22. The molecule has 27 heavy (non-hydrogen) atoms. The normalized spacial score (nSPS) is 11.1. The van der Waals surface area contributed by atoms with Crippen LogP contribution in [-0.4, -0.2) is 26.9 Å². The maximum absolute atomic E-state index is 14.1. The second-order valence-electron chi connectivity index (χ2n) is 6.49. The summed E-state index contributed by atoms with van der Waals surface area (Å²) in [5, 5.41) is 0.641. The lowest BCUT2D eigenvalue weighted by atomic mass is 10.2. The Hall–Kier alpha value is -2.40. The molecule has 142 valence electrons. The number of rotatable bonds is 7. The van der Waals surface area contributed by atoms with E-state index in [2.05, 4.69) is 11.5 Å². The SMILES string of the molecule is CCCN(Cc1nc2cccc(Cl)c2n1CCC)C(=O)c1ccccc1F. The summed E-state index contributed by atoms with van der Waals surface area (Å²) in [5.41, 5.74) is 1.77. The van der Waals surface area contributed by atoms with Crippen LogP contribution >= 0.6 is 11.6 Å². The highest BCUT2D eigenvalue weighted by molar-refractivity contribution is 6.35. The maximum atomic E-state index is 14.1. The van der Waals surface area contributed by atoms with E-state index in [0.717, 1.165) is 36.2 Å². The molecule has 2 aromatic carbocycles. The van der Waals surface area contributed by atoms with E-state index in [1.807, 2.05) is 25.1 Å². The van der Waals surface area contributed by atoms with Crippen LogP contribution in [0.2, 0.25) is 5.02 Å². The molecule has 0 unspecified atom stereocenters. The Morgan fingerprint density at radius 3 is 2.63 bits per heavy atom. The van der Waals surface area contributed by atoms with Crippen LogP contribution in [0, 0.1) is 5.82 Å². The van der Waals surface area contributed by atoms with Gasteiger partial charge in [-0.25, -0.2) is 9.37 Å². The molecular formula is C21H23ClFN3O. The van der Waals surface area contributed by atoms with Gasteiger partial charge in [-0.15, -0.1) is 0 Å². The number of nitrogens with zero attached hydrogens (tertiary/aromatic N) is 3. The molecule has 0 saturated heterocycles. The number of benzene rings is 2. The van der Waals surface area contributed by atoms with E-state index in [0.29, 0.717) is 18.1 Å². The molecule has 0 spiro atoms. The van der Waals surface area contributed by atoms with E-state index < -0.39 is 5.82 Å². The van der Waals surface area contributed by atoms with Crippen molar-refractivity contribution >= 4 is 28.5 Å². The van der Waals surface area contributed by atoms with E-state index in [4.69, 9.17) is 16.6 Å². The minimum atomic E-state index is -0.506. The molecule has 3 aromatic rings. The molecule has 0 aliphatic heterocycles. The van der Waals surface area contributed by atoms with Gasteiger partial charge >= 0.3 is 0 Å². The van der Waals surface area contributed by atoms with Crippen LogP contribution in [0.3, 0.4) is 0 Å².